The van der Waals surface area contributed by atoms with Gasteiger partial charge in [0.1, 0.15) is 0 Å². The second-order valence-electron chi connectivity index (χ2n) is 5.73. The molecule has 0 bridgehead atoms. The van der Waals surface area contributed by atoms with Gasteiger partial charge in [-0.3, -0.25) is 4.98 Å². The lowest BCUT2D eigenvalue weighted by molar-refractivity contribution is 0.110. The second kappa shape index (κ2) is 5.93. The van der Waals surface area contributed by atoms with Crippen molar-refractivity contribution >= 4 is 10.9 Å². The van der Waals surface area contributed by atoms with Crippen LogP contribution in [0.4, 0.5) is 0 Å². The van der Waals surface area contributed by atoms with Crippen molar-refractivity contribution < 1.29 is 9.84 Å². The number of aromatic nitrogens is 2. The van der Waals surface area contributed by atoms with Crippen molar-refractivity contribution in [3.63, 3.8) is 0 Å². The average Bonchev–Trinajstić information content (AvgIpc) is 2.89. The summed E-state index contributed by atoms with van der Waals surface area (Å²) < 4.78 is 7.37. The van der Waals surface area contributed by atoms with Gasteiger partial charge in [-0.1, -0.05) is 18.2 Å². The zero-order valence-electron chi connectivity index (χ0n) is 12.9. The predicted molar refractivity (Wildman–Crippen MR) is 89.4 cm³/mol. The molecule has 5 heteroatoms. The van der Waals surface area contributed by atoms with Crippen molar-refractivity contribution in [2.75, 3.05) is 31.3 Å². The molecule has 0 radical (unpaired) electrons. The van der Waals surface area contributed by atoms with Crippen molar-refractivity contribution in [1.82, 2.24) is 9.66 Å². The number of hydrogen-bond donors (Lipinski definition) is 1. The third-order valence-electron chi connectivity index (χ3n) is 4.33. The highest BCUT2D eigenvalue weighted by Gasteiger charge is 2.21. The number of aromatic hydroxyl groups is 1. The minimum atomic E-state index is 0.324. The van der Waals surface area contributed by atoms with Crippen LogP contribution in [-0.2, 0) is 11.2 Å². The molecule has 1 saturated heterocycles. The lowest BCUT2D eigenvalue weighted by atomic mass is 10.1. The number of benzene rings is 1. The van der Waals surface area contributed by atoms with Gasteiger partial charge in [-0.2, -0.15) is 0 Å². The predicted octanol–water partition coefficient (Wildman–Crippen LogP) is 2.30. The van der Waals surface area contributed by atoms with E-state index in [1.165, 1.54) is 0 Å². The SMILES string of the molecule is Oc1c(Cc2ccncc2)c2ccccc2n1N1CCOCC1. The number of para-hydroxylation sites is 1. The molecule has 1 N–H and O–H groups in total. The van der Waals surface area contributed by atoms with Crippen LogP contribution in [-0.4, -0.2) is 41.1 Å². The van der Waals surface area contributed by atoms with E-state index in [1.807, 2.05) is 28.9 Å². The third kappa shape index (κ3) is 2.53. The highest BCUT2D eigenvalue weighted by atomic mass is 16.5. The molecule has 0 saturated carbocycles. The van der Waals surface area contributed by atoms with Gasteiger partial charge >= 0.3 is 0 Å². The van der Waals surface area contributed by atoms with Gasteiger partial charge in [-0.15, -0.1) is 0 Å². The van der Waals surface area contributed by atoms with Crippen molar-refractivity contribution in [3.05, 3.63) is 59.9 Å². The number of fused-ring (bicyclic) bond motifs is 1. The fourth-order valence-electron chi connectivity index (χ4n) is 3.19. The Morgan fingerprint density at radius 2 is 1.78 bits per heavy atom. The number of nitrogens with zero attached hydrogens (tertiary/aromatic N) is 3. The maximum absolute atomic E-state index is 10.9. The molecule has 0 atom stereocenters. The Morgan fingerprint density at radius 1 is 1.04 bits per heavy atom. The van der Waals surface area contributed by atoms with Crippen LogP contribution < -0.4 is 5.01 Å². The lowest BCUT2D eigenvalue weighted by Crippen LogP contribution is -2.43. The Balaban J connectivity index is 1.82. The molecule has 3 aromatic rings. The third-order valence-corrected chi connectivity index (χ3v) is 4.33. The molecule has 3 heterocycles. The van der Waals surface area contributed by atoms with E-state index in [0.717, 1.165) is 35.1 Å². The molecule has 2 aromatic heterocycles. The molecule has 5 nitrogen and oxygen atoms in total. The van der Waals surface area contributed by atoms with Gasteiger partial charge in [0.15, 0.2) is 0 Å². The Bertz CT molecular complexity index is 808. The quantitative estimate of drug-likeness (QED) is 0.806. The molecular weight excluding hydrogens is 290 g/mol. The number of pyridine rings is 1. The van der Waals surface area contributed by atoms with Gasteiger partial charge < -0.3 is 14.9 Å². The summed E-state index contributed by atoms with van der Waals surface area (Å²) in [7, 11) is 0. The number of rotatable bonds is 3. The zero-order chi connectivity index (χ0) is 15.6. The monoisotopic (exact) mass is 309 g/mol. The highest BCUT2D eigenvalue weighted by Crippen LogP contribution is 2.33. The molecule has 1 aliphatic heterocycles. The summed E-state index contributed by atoms with van der Waals surface area (Å²) in [6.07, 6.45) is 4.26. The first-order chi connectivity index (χ1) is 11.3. The second-order valence-corrected chi connectivity index (χ2v) is 5.73. The van der Waals surface area contributed by atoms with E-state index < -0.39 is 0 Å². The topological polar surface area (TPSA) is 50.5 Å². The van der Waals surface area contributed by atoms with Crippen molar-refractivity contribution in [1.29, 1.82) is 0 Å². The minimum Gasteiger partial charge on any atom is -0.493 e. The molecule has 4 rings (SSSR count). The number of morpholine rings is 1. The van der Waals surface area contributed by atoms with Crippen LogP contribution in [0.2, 0.25) is 0 Å². The molecule has 0 unspecified atom stereocenters. The Hall–Kier alpha value is -2.53. The maximum Gasteiger partial charge on any atom is 0.214 e. The summed E-state index contributed by atoms with van der Waals surface area (Å²) in [6.45, 7) is 2.93. The summed E-state index contributed by atoms with van der Waals surface area (Å²) in [4.78, 5) is 4.06. The smallest absolute Gasteiger partial charge is 0.214 e. The molecule has 0 aliphatic carbocycles. The summed E-state index contributed by atoms with van der Waals surface area (Å²) in [5, 5.41) is 14.1. The molecular formula is C18H19N3O2. The molecule has 0 amide bonds. The fourth-order valence-corrected chi connectivity index (χ4v) is 3.19. The van der Waals surface area contributed by atoms with Gasteiger partial charge in [0.05, 0.1) is 31.8 Å². The Labute approximate surface area is 134 Å². The summed E-state index contributed by atoms with van der Waals surface area (Å²) in [6, 6.07) is 12.1. The van der Waals surface area contributed by atoms with Crippen LogP contribution in [0.15, 0.2) is 48.8 Å². The van der Waals surface area contributed by atoms with Crippen molar-refractivity contribution in [3.8, 4) is 5.88 Å². The van der Waals surface area contributed by atoms with Crippen molar-refractivity contribution in [2.45, 2.75) is 6.42 Å². The molecule has 1 aliphatic rings. The summed E-state index contributed by atoms with van der Waals surface area (Å²) in [5.41, 5.74) is 3.13. The van der Waals surface area contributed by atoms with Gasteiger partial charge in [-0.05, 0) is 23.8 Å². The summed E-state index contributed by atoms with van der Waals surface area (Å²) >= 11 is 0. The lowest BCUT2D eigenvalue weighted by Gasteiger charge is -2.30. The Kier molecular flexibility index (Phi) is 3.63. The van der Waals surface area contributed by atoms with Crippen molar-refractivity contribution in [2.24, 2.45) is 0 Å². The first-order valence-electron chi connectivity index (χ1n) is 7.88. The molecule has 23 heavy (non-hydrogen) atoms. The largest absolute Gasteiger partial charge is 0.493 e. The van der Waals surface area contributed by atoms with E-state index >= 15 is 0 Å². The standard InChI is InChI=1S/C18H19N3O2/c22-18-16(13-14-5-7-19-8-6-14)15-3-1-2-4-17(15)21(18)20-9-11-23-12-10-20/h1-8,22H,9-13H2. The van der Waals surface area contributed by atoms with E-state index in [0.29, 0.717) is 25.5 Å². The average molecular weight is 309 g/mol. The van der Waals surface area contributed by atoms with Gasteiger partial charge in [0.25, 0.3) is 0 Å². The zero-order valence-corrected chi connectivity index (χ0v) is 12.9. The number of ether oxygens (including phenoxy) is 1. The van der Waals surface area contributed by atoms with E-state index in [4.69, 9.17) is 4.74 Å². The van der Waals surface area contributed by atoms with E-state index in [1.54, 1.807) is 12.4 Å². The van der Waals surface area contributed by atoms with Crippen LogP contribution in [0.3, 0.4) is 0 Å². The molecule has 118 valence electrons. The summed E-state index contributed by atoms with van der Waals surface area (Å²) in [5.74, 6) is 0.324. The van der Waals surface area contributed by atoms with Crippen LogP contribution in [0.5, 0.6) is 5.88 Å². The highest BCUT2D eigenvalue weighted by molar-refractivity contribution is 5.87. The van der Waals surface area contributed by atoms with E-state index in [-0.39, 0.29) is 0 Å². The first-order valence-corrected chi connectivity index (χ1v) is 7.88. The molecule has 1 fully saturated rings. The van der Waals surface area contributed by atoms with Crippen LogP contribution >= 0.6 is 0 Å². The maximum atomic E-state index is 10.9. The van der Waals surface area contributed by atoms with Crippen LogP contribution in [0.25, 0.3) is 10.9 Å². The molecule has 0 spiro atoms. The number of hydrogen-bond acceptors (Lipinski definition) is 4. The molecule has 1 aromatic carbocycles. The normalized spacial score (nSPS) is 15.2. The Morgan fingerprint density at radius 3 is 2.57 bits per heavy atom. The van der Waals surface area contributed by atoms with Gasteiger partial charge in [0.2, 0.25) is 5.88 Å². The van der Waals surface area contributed by atoms with E-state index in [2.05, 4.69) is 22.1 Å². The van der Waals surface area contributed by atoms with Crippen LogP contribution in [0.1, 0.15) is 11.1 Å². The van der Waals surface area contributed by atoms with Crippen LogP contribution in [0, 0.1) is 0 Å². The first kappa shape index (κ1) is 14.1. The van der Waals surface area contributed by atoms with Gasteiger partial charge in [-0.25, -0.2) is 4.68 Å². The fraction of sp³-hybridized carbons (Fsp3) is 0.278. The van der Waals surface area contributed by atoms with Gasteiger partial charge in [0, 0.05) is 29.8 Å². The minimum absolute atomic E-state index is 0.324. The van der Waals surface area contributed by atoms with E-state index in [9.17, 15) is 5.11 Å².